The summed E-state index contributed by atoms with van der Waals surface area (Å²) in [6, 6.07) is 3.85. The molecule has 2 aliphatic rings. The van der Waals surface area contributed by atoms with Crippen LogP contribution in [0.15, 0.2) is 18.2 Å². The number of fused-ring (bicyclic) bond motifs is 1. The van der Waals surface area contributed by atoms with E-state index in [1.807, 2.05) is 0 Å². The van der Waals surface area contributed by atoms with Gasteiger partial charge in [-0.25, -0.2) is 4.79 Å². The minimum atomic E-state index is -4.95. The predicted octanol–water partition coefficient (Wildman–Crippen LogP) is 5.08. The first-order valence-electron chi connectivity index (χ1n) is 8.98. The van der Waals surface area contributed by atoms with E-state index in [0.717, 1.165) is 23.8 Å². The SMILES string of the molecule is CC(C)C(=O)CCN1C(=O)O[C@](C#CC2CC2)(C(F)(F)F)c2cc(Cl)ccc21. The van der Waals surface area contributed by atoms with Crippen LogP contribution < -0.4 is 4.90 Å². The summed E-state index contributed by atoms with van der Waals surface area (Å²) in [5, 5.41) is 0.0664. The number of ether oxygens (including phenoxy) is 1. The van der Waals surface area contributed by atoms with Crippen LogP contribution in [-0.4, -0.2) is 24.6 Å². The molecule has 1 atom stereocenters. The van der Waals surface area contributed by atoms with Gasteiger partial charge in [0.1, 0.15) is 5.78 Å². The largest absolute Gasteiger partial charge is 0.445 e. The van der Waals surface area contributed by atoms with Gasteiger partial charge < -0.3 is 4.74 Å². The van der Waals surface area contributed by atoms with E-state index in [4.69, 9.17) is 16.3 Å². The first-order valence-corrected chi connectivity index (χ1v) is 9.35. The maximum atomic E-state index is 14.1. The van der Waals surface area contributed by atoms with E-state index in [-0.39, 0.29) is 46.9 Å². The predicted molar refractivity (Wildman–Crippen MR) is 98.0 cm³/mol. The van der Waals surface area contributed by atoms with Gasteiger partial charge in [0.05, 0.1) is 5.69 Å². The highest BCUT2D eigenvalue weighted by atomic mass is 35.5. The Morgan fingerprint density at radius 1 is 1.39 bits per heavy atom. The van der Waals surface area contributed by atoms with Crippen molar-refractivity contribution >= 4 is 29.2 Å². The minimum Gasteiger partial charge on any atom is -0.415 e. The molecule has 1 saturated carbocycles. The van der Waals surface area contributed by atoms with Gasteiger partial charge in [0.2, 0.25) is 0 Å². The second-order valence-corrected chi connectivity index (χ2v) is 7.71. The van der Waals surface area contributed by atoms with Crippen molar-refractivity contribution in [1.82, 2.24) is 0 Å². The van der Waals surface area contributed by atoms with Crippen molar-refractivity contribution in [3.63, 3.8) is 0 Å². The van der Waals surface area contributed by atoms with E-state index in [1.54, 1.807) is 13.8 Å². The number of hydrogen-bond acceptors (Lipinski definition) is 3. The van der Waals surface area contributed by atoms with Crippen molar-refractivity contribution in [3.05, 3.63) is 28.8 Å². The van der Waals surface area contributed by atoms with Crippen LogP contribution in [0.2, 0.25) is 5.02 Å². The Bertz CT molecular complexity index is 868. The van der Waals surface area contributed by atoms with Gasteiger partial charge in [-0.1, -0.05) is 31.4 Å². The van der Waals surface area contributed by atoms with E-state index in [9.17, 15) is 22.8 Å². The summed E-state index contributed by atoms with van der Waals surface area (Å²) in [7, 11) is 0. The lowest BCUT2D eigenvalue weighted by Crippen LogP contribution is -2.53. The fourth-order valence-corrected chi connectivity index (χ4v) is 3.07. The van der Waals surface area contributed by atoms with Gasteiger partial charge in [0.25, 0.3) is 5.60 Å². The second-order valence-electron chi connectivity index (χ2n) is 7.27. The molecule has 0 spiro atoms. The Kier molecular flexibility index (Phi) is 5.37. The Hall–Kier alpha value is -2.20. The molecule has 0 radical (unpaired) electrons. The fourth-order valence-electron chi connectivity index (χ4n) is 2.89. The zero-order valence-corrected chi connectivity index (χ0v) is 16.2. The van der Waals surface area contributed by atoms with E-state index in [1.165, 1.54) is 12.1 Å². The van der Waals surface area contributed by atoms with Crippen molar-refractivity contribution in [2.75, 3.05) is 11.4 Å². The molecule has 1 aromatic carbocycles. The number of Topliss-reactive ketones (excluding diaryl/α,β-unsaturated/α-hetero) is 1. The molecule has 8 heteroatoms. The lowest BCUT2D eigenvalue weighted by Gasteiger charge is -2.40. The van der Waals surface area contributed by atoms with Gasteiger partial charge in [0.15, 0.2) is 0 Å². The normalized spacial score (nSPS) is 21.7. The molecule has 0 unspecified atom stereocenters. The zero-order valence-electron chi connectivity index (χ0n) is 15.4. The summed E-state index contributed by atoms with van der Waals surface area (Å²) in [4.78, 5) is 25.5. The Labute approximate surface area is 166 Å². The number of cyclic esters (lactones) is 1. The van der Waals surface area contributed by atoms with Gasteiger partial charge in [-0.3, -0.25) is 9.69 Å². The van der Waals surface area contributed by atoms with Crippen LogP contribution in [0.4, 0.5) is 23.7 Å². The summed E-state index contributed by atoms with van der Waals surface area (Å²) >= 11 is 5.95. The maximum absolute atomic E-state index is 14.1. The van der Waals surface area contributed by atoms with Crippen LogP contribution in [0.1, 0.15) is 38.7 Å². The molecule has 0 N–H and O–H groups in total. The summed E-state index contributed by atoms with van der Waals surface area (Å²) in [6.07, 6.45) is -4.69. The highest BCUT2D eigenvalue weighted by Crippen LogP contribution is 2.49. The Balaban J connectivity index is 2.08. The third-order valence-electron chi connectivity index (χ3n) is 4.74. The number of anilines is 1. The van der Waals surface area contributed by atoms with Gasteiger partial charge in [-0.05, 0) is 37.0 Å². The Morgan fingerprint density at radius 3 is 2.64 bits per heavy atom. The van der Waals surface area contributed by atoms with E-state index in [0.29, 0.717) is 0 Å². The van der Waals surface area contributed by atoms with Gasteiger partial charge >= 0.3 is 12.3 Å². The molecule has 1 fully saturated rings. The molecule has 28 heavy (non-hydrogen) atoms. The number of amides is 1. The molecule has 1 aliphatic heterocycles. The molecule has 1 aliphatic carbocycles. The van der Waals surface area contributed by atoms with Crippen LogP contribution in [0.25, 0.3) is 0 Å². The first kappa shape index (κ1) is 20.5. The number of rotatable bonds is 4. The highest BCUT2D eigenvalue weighted by Gasteiger charge is 2.63. The van der Waals surface area contributed by atoms with Crippen LogP contribution in [0.5, 0.6) is 0 Å². The number of benzene rings is 1. The van der Waals surface area contributed by atoms with Crippen LogP contribution >= 0.6 is 11.6 Å². The van der Waals surface area contributed by atoms with Gasteiger partial charge in [-0.2, -0.15) is 13.2 Å². The average Bonchev–Trinajstić information content (AvgIpc) is 3.42. The van der Waals surface area contributed by atoms with E-state index in [2.05, 4.69) is 11.8 Å². The summed E-state index contributed by atoms with van der Waals surface area (Å²) in [5.74, 6) is 4.28. The van der Waals surface area contributed by atoms with Crippen molar-refractivity contribution in [3.8, 4) is 11.8 Å². The lowest BCUT2D eigenvalue weighted by molar-refractivity contribution is -0.240. The molecule has 3 rings (SSSR count). The molecule has 4 nitrogen and oxygen atoms in total. The number of nitrogens with zero attached hydrogens (tertiary/aromatic N) is 1. The molecule has 150 valence electrons. The second kappa shape index (κ2) is 7.32. The number of ketones is 1. The summed E-state index contributed by atoms with van der Waals surface area (Å²) in [6.45, 7) is 3.34. The van der Waals surface area contributed by atoms with Crippen molar-refractivity contribution in [1.29, 1.82) is 0 Å². The molecular weight excluding hydrogens is 395 g/mol. The quantitative estimate of drug-likeness (QED) is 0.646. The molecule has 0 saturated heterocycles. The number of alkyl halides is 3. The van der Waals surface area contributed by atoms with Crippen LogP contribution in [0, 0.1) is 23.7 Å². The number of carbonyl (C=O) groups excluding carboxylic acids is 2. The van der Waals surface area contributed by atoms with E-state index < -0.39 is 17.9 Å². The smallest absolute Gasteiger partial charge is 0.415 e. The van der Waals surface area contributed by atoms with Crippen LogP contribution in [-0.2, 0) is 15.1 Å². The van der Waals surface area contributed by atoms with Crippen molar-refractivity contribution in [2.24, 2.45) is 11.8 Å². The Morgan fingerprint density at radius 2 is 2.07 bits per heavy atom. The number of carbonyl (C=O) groups is 2. The third-order valence-corrected chi connectivity index (χ3v) is 4.98. The topological polar surface area (TPSA) is 46.6 Å². The average molecular weight is 414 g/mol. The maximum Gasteiger partial charge on any atom is 0.445 e. The van der Waals surface area contributed by atoms with Crippen LogP contribution in [0.3, 0.4) is 0 Å². The molecule has 1 heterocycles. The molecular formula is C20H19ClF3NO3. The van der Waals surface area contributed by atoms with Crippen molar-refractivity contribution < 1.29 is 27.5 Å². The molecule has 1 aromatic rings. The third kappa shape index (κ3) is 3.83. The number of hydrogen-bond donors (Lipinski definition) is 0. The zero-order chi connectivity index (χ0) is 20.7. The fraction of sp³-hybridized carbons (Fsp3) is 0.500. The molecule has 0 aromatic heterocycles. The monoisotopic (exact) mass is 413 g/mol. The summed E-state index contributed by atoms with van der Waals surface area (Å²) < 4.78 is 47.2. The number of halogens is 4. The van der Waals surface area contributed by atoms with E-state index >= 15 is 0 Å². The lowest BCUT2D eigenvalue weighted by atomic mass is 9.89. The molecule has 0 bridgehead atoms. The standard InChI is InChI=1S/C20H19ClF3NO3/c1-12(2)17(26)8-10-25-16-6-5-14(21)11-15(16)19(20(22,23)24,28-18(25)27)9-7-13-3-4-13/h5-6,11-13H,3-4,8,10H2,1-2H3/t19-/m0/s1. The van der Waals surface area contributed by atoms with Gasteiger partial charge in [-0.15, -0.1) is 0 Å². The highest BCUT2D eigenvalue weighted by molar-refractivity contribution is 6.30. The summed E-state index contributed by atoms with van der Waals surface area (Å²) in [5.41, 5.74) is -3.41. The first-order chi connectivity index (χ1) is 13.0. The van der Waals surface area contributed by atoms with Gasteiger partial charge in [0, 0.05) is 35.4 Å². The molecule has 1 amide bonds. The minimum absolute atomic E-state index is 0.000344. The van der Waals surface area contributed by atoms with Crippen molar-refractivity contribution in [2.45, 2.75) is 44.9 Å².